The summed E-state index contributed by atoms with van der Waals surface area (Å²) in [6, 6.07) is 11.3. The number of nitrogens with zero attached hydrogens (tertiary/aromatic N) is 1. The number of methoxy groups -OCH3 is 2. The lowest BCUT2D eigenvalue weighted by Gasteiger charge is -2.26. The maximum Gasteiger partial charge on any atom is 0.243 e. The highest BCUT2D eigenvalue weighted by atomic mass is 32.2. The van der Waals surface area contributed by atoms with E-state index in [-0.39, 0.29) is 16.8 Å². The summed E-state index contributed by atoms with van der Waals surface area (Å²) in [5, 5.41) is 2.64. The van der Waals surface area contributed by atoms with Gasteiger partial charge in [0.2, 0.25) is 15.9 Å². The van der Waals surface area contributed by atoms with E-state index in [2.05, 4.69) is 5.32 Å². The van der Waals surface area contributed by atoms with Crippen LogP contribution in [0.2, 0.25) is 0 Å². The first-order valence-corrected chi connectivity index (χ1v) is 10.4. The van der Waals surface area contributed by atoms with Crippen LogP contribution in [-0.2, 0) is 14.8 Å². The fourth-order valence-corrected chi connectivity index (χ4v) is 5.16. The lowest BCUT2D eigenvalue weighted by molar-refractivity contribution is -0.114. The number of carbonyl (C=O) groups excluding carboxylic acids is 1. The summed E-state index contributed by atoms with van der Waals surface area (Å²) in [6.07, 6.45) is 1.48. The van der Waals surface area contributed by atoms with Gasteiger partial charge in [0, 0.05) is 30.8 Å². The van der Waals surface area contributed by atoms with E-state index in [0.717, 1.165) is 12.0 Å². The highest BCUT2D eigenvalue weighted by molar-refractivity contribution is 7.89. The molecule has 1 atom stereocenters. The molecule has 28 heavy (non-hydrogen) atoms. The van der Waals surface area contributed by atoms with Crippen LogP contribution in [0.3, 0.4) is 0 Å². The third kappa shape index (κ3) is 3.98. The molecule has 1 heterocycles. The first kappa shape index (κ1) is 20.2. The van der Waals surface area contributed by atoms with Gasteiger partial charge >= 0.3 is 0 Å². The Labute approximate surface area is 165 Å². The molecule has 1 aliphatic rings. The van der Waals surface area contributed by atoms with E-state index in [4.69, 9.17) is 9.47 Å². The summed E-state index contributed by atoms with van der Waals surface area (Å²) in [5.41, 5.74) is 1.38. The van der Waals surface area contributed by atoms with Crippen molar-refractivity contribution >= 4 is 21.6 Å². The molecule has 0 unspecified atom stereocenters. The number of hydrogen-bond donors (Lipinski definition) is 1. The second-order valence-electron chi connectivity index (χ2n) is 6.59. The van der Waals surface area contributed by atoms with Gasteiger partial charge < -0.3 is 14.8 Å². The Balaban J connectivity index is 1.92. The maximum atomic E-state index is 13.2. The number of nitrogens with one attached hydrogen (secondary N) is 1. The van der Waals surface area contributed by atoms with E-state index in [1.165, 1.54) is 23.4 Å². The van der Waals surface area contributed by atoms with Gasteiger partial charge in [-0.25, -0.2) is 8.42 Å². The monoisotopic (exact) mass is 404 g/mol. The van der Waals surface area contributed by atoms with Crippen LogP contribution in [0.4, 0.5) is 5.69 Å². The van der Waals surface area contributed by atoms with Crippen LogP contribution in [0.25, 0.3) is 0 Å². The summed E-state index contributed by atoms with van der Waals surface area (Å²) < 4.78 is 38.7. The number of sulfonamides is 1. The fourth-order valence-electron chi connectivity index (χ4n) is 3.48. The Morgan fingerprint density at radius 1 is 1.11 bits per heavy atom. The summed E-state index contributed by atoms with van der Waals surface area (Å²) in [4.78, 5) is 11.3. The van der Waals surface area contributed by atoms with Gasteiger partial charge in [-0.3, -0.25) is 4.79 Å². The Morgan fingerprint density at radius 2 is 1.82 bits per heavy atom. The molecule has 0 spiro atoms. The average Bonchev–Trinajstić information content (AvgIpc) is 3.18. The van der Waals surface area contributed by atoms with E-state index in [9.17, 15) is 13.2 Å². The fraction of sp³-hybridized carbons (Fsp3) is 0.350. The Morgan fingerprint density at radius 3 is 2.43 bits per heavy atom. The van der Waals surface area contributed by atoms with Gasteiger partial charge in [-0.1, -0.05) is 6.07 Å². The molecule has 150 valence electrons. The Kier molecular flexibility index (Phi) is 5.90. The van der Waals surface area contributed by atoms with Crippen molar-refractivity contribution in [3.05, 3.63) is 48.0 Å². The number of hydrogen-bond acceptors (Lipinski definition) is 5. The van der Waals surface area contributed by atoms with Crippen molar-refractivity contribution in [3.8, 4) is 11.5 Å². The van der Waals surface area contributed by atoms with Crippen molar-refractivity contribution in [1.29, 1.82) is 0 Å². The minimum Gasteiger partial charge on any atom is -0.497 e. The number of rotatable bonds is 6. The van der Waals surface area contributed by atoms with E-state index < -0.39 is 10.0 Å². The summed E-state index contributed by atoms with van der Waals surface area (Å²) >= 11 is 0. The molecule has 0 bridgehead atoms. The minimum atomic E-state index is -3.69. The smallest absolute Gasteiger partial charge is 0.243 e. The van der Waals surface area contributed by atoms with E-state index >= 15 is 0 Å². The predicted molar refractivity (Wildman–Crippen MR) is 106 cm³/mol. The van der Waals surface area contributed by atoms with Crippen molar-refractivity contribution < 1.29 is 22.7 Å². The molecule has 2 aromatic rings. The molecule has 1 saturated heterocycles. The first-order chi connectivity index (χ1) is 13.4. The normalized spacial score (nSPS) is 17.3. The number of ether oxygens (including phenoxy) is 2. The molecular weight excluding hydrogens is 380 g/mol. The highest BCUT2D eigenvalue weighted by Crippen LogP contribution is 2.41. The molecular formula is C20H24N2O5S. The van der Waals surface area contributed by atoms with Gasteiger partial charge in [-0.05, 0) is 43.2 Å². The number of amides is 1. The largest absolute Gasteiger partial charge is 0.497 e. The Bertz CT molecular complexity index is 957. The Hall–Kier alpha value is -2.58. The van der Waals surface area contributed by atoms with E-state index in [1.807, 2.05) is 12.1 Å². The lowest BCUT2D eigenvalue weighted by Crippen LogP contribution is -2.30. The van der Waals surface area contributed by atoms with E-state index in [0.29, 0.717) is 30.2 Å². The van der Waals surface area contributed by atoms with Gasteiger partial charge in [0.15, 0.2) is 0 Å². The van der Waals surface area contributed by atoms with Crippen LogP contribution in [-0.4, -0.2) is 39.4 Å². The van der Waals surface area contributed by atoms with Gasteiger partial charge in [0.1, 0.15) is 11.5 Å². The standard InChI is InChI=1S/C20H24N2O5S/c1-14(23)21-15-6-9-17(10-7-15)28(24,25)22-12-4-5-19(22)18-11-8-16(26-2)13-20(18)27-3/h6-11,13,19H,4-5,12H2,1-3H3,(H,21,23)/t19-/m0/s1. The maximum absolute atomic E-state index is 13.2. The molecule has 0 aromatic heterocycles. The molecule has 3 rings (SSSR count). The second-order valence-corrected chi connectivity index (χ2v) is 8.48. The molecule has 0 aliphatic carbocycles. The van der Waals surface area contributed by atoms with Crippen LogP contribution in [0.5, 0.6) is 11.5 Å². The van der Waals surface area contributed by atoms with Gasteiger partial charge in [-0.15, -0.1) is 0 Å². The third-order valence-electron chi connectivity index (χ3n) is 4.78. The lowest BCUT2D eigenvalue weighted by atomic mass is 10.0. The number of anilines is 1. The molecule has 1 fully saturated rings. The quantitative estimate of drug-likeness (QED) is 0.799. The van der Waals surface area contributed by atoms with Crippen LogP contribution < -0.4 is 14.8 Å². The van der Waals surface area contributed by atoms with Crippen molar-refractivity contribution in [1.82, 2.24) is 4.31 Å². The zero-order chi connectivity index (χ0) is 20.3. The van der Waals surface area contributed by atoms with Gasteiger partial charge in [0.05, 0.1) is 25.2 Å². The number of benzene rings is 2. The van der Waals surface area contributed by atoms with Gasteiger partial charge in [0.25, 0.3) is 0 Å². The van der Waals surface area contributed by atoms with Crippen LogP contribution in [0, 0.1) is 0 Å². The minimum absolute atomic E-state index is 0.195. The van der Waals surface area contributed by atoms with Crippen LogP contribution >= 0.6 is 0 Å². The number of carbonyl (C=O) groups is 1. The second kappa shape index (κ2) is 8.20. The van der Waals surface area contributed by atoms with Crippen LogP contribution in [0.1, 0.15) is 31.4 Å². The summed E-state index contributed by atoms with van der Waals surface area (Å²) in [5.74, 6) is 1.05. The van der Waals surface area contributed by atoms with Crippen LogP contribution in [0.15, 0.2) is 47.4 Å². The predicted octanol–water partition coefficient (Wildman–Crippen LogP) is 3.19. The highest BCUT2D eigenvalue weighted by Gasteiger charge is 2.37. The molecule has 7 nitrogen and oxygen atoms in total. The van der Waals surface area contributed by atoms with E-state index in [1.54, 1.807) is 32.4 Å². The summed E-state index contributed by atoms with van der Waals surface area (Å²) in [7, 11) is -0.551. The molecule has 0 saturated carbocycles. The summed E-state index contributed by atoms with van der Waals surface area (Å²) in [6.45, 7) is 1.84. The molecule has 8 heteroatoms. The van der Waals surface area contributed by atoms with Crippen molar-refractivity contribution in [2.24, 2.45) is 0 Å². The topological polar surface area (TPSA) is 84.9 Å². The van der Waals surface area contributed by atoms with Crippen molar-refractivity contribution in [2.45, 2.75) is 30.7 Å². The third-order valence-corrected chi connectivity index (χ3v) is 6.71. The van der Waals surface area contributed by atoms with Crippen molar-refractivity contribution in [3.63, 3.8) is 0 Å². The zero-order valence-corrected chi connectivity index (χ0v) is 17.0. The SMILES string of the molecule is COc1ccc([C@@H]2CCCN2S(=O)(=O)c2ccc(NC(C)=O)cc2)c(OC)c1. The molecule has 1 N–H and O–H groups in total. The van der Waals surface area contributed by atoms with Gasteiger partial charge in [-0.2, -0.15) is 4.31 Å². The average molecular weight is 404 g/mol. The molecule has 0 radical (unpaired) electrons. The zero-order valence-electron chi connectivity index (χ0n) is 16.1. The molecule has 1 aliphatic heterocycles. The van der Waals surface area contributed by atoms with Crippen molar-refractivity contribution in [2.75, 3.05) is 26.1 Å². The first-order valence-electron chi connectivity index (χ1n) is 8.98. The molecule has 2 aromatic carbocycles. The molecule has 1 amide bonds.